The summed E-state index contributed by atoms with van der Waals surface area (Å²) in [6.07, 6.45) is 1.93. The zero-order valence-electron chi connectivity index (χ0n) is 18.6. The smallest absolute Gasteiger partial charge is 0.0969 e. The molecule has 1 aromatic heterocycles. The van der Waals surface area contributed by atoms with E-state index in [1.54, 1.807) is 0 Å². The van der Waals surface area contributed by atoms with Gasteiger partial charge in [-0.15, -0.1) is 0 Å². The van der Waals surface area contributed by atoms with Crippen molar-refractivity contribution in [3.05, 3.63) is 102 Å². The van der Waals surface area contributed by atoms with Crippen LogP contribution < -0.4 is 0 Å². The lowest BCUT2D eigenvalue weighted by Crippen LogP contribution is -1.92. The van der Waals surface area contributed by atoms with Gasteiger partial charge in [-0.25, -0.2) is 4.98 Å². The molecule has 0 unspecified atom stereocenters. The summed E-state index contributed by atoms with van der Waals surface area (Å²) in [4.78, 5) is 4.81. The number of imidazole rings is 1. The third-order valence-electron chi connectivity index (χ3n) is 6.69. The Balaban J connectivity index is 1.83. The first kappa shape index (κ1) is 18.8. The van der Waals surface area contributed by atoms with Crippen LogP contribution >= 0.6 is 0 Å². The number of fused-ring (bicyclic) bond motifs is 6. The van der Waals surface area contributed by atoms with E-state index in [2.05, 4.69) is 110 Å². The van der Waals surface area contributed by atoms with Crippen LogP contribution in [0.2, 0.25) is 0 Å². The van der Waals surface area contributed by atoms with Crippen molar-refractivity contribution >= 4 is 32.6 Å². The van der Waals surface area contributed by atoms with E-state index < -0.39 is 0 Å². The first-order chi connectivity index (χ1) is 15.6. The zero-order valence-corrected chi connectivity index (χ0v) is 18.6. The van der Waals surface area contributed by atoms with Crippen molar-refractivity contribution in [2.75, 3.05) is 0 Å². The van der Waals surface area contributed by atoms with Gasteiger partial charge in [0.2, 0.25) is 0 Å². The van der Waals surface area contributed by atoms with Crippen LogP contribution in [0.15, 0.2) is 91.3 Å². The maximum Gasteiger partial charge on any atom is 0.0969 e. The second kappa shape index (κ2) is 7.06. The molecule has 154 valence electrons. The lowest BCUT2D eigenvalue weighted by molar-refractivity contribution is 0.951. The van der Waals surface area contributed by atoms with Crippen molar-refractivity contribution in [3.8, 4) is 22.3 Å². The highest BCUT2D eigenvalue weighted by molar-refractivity contribution is 6.27. The monoisotopic (exact) mass is 412 g/mol. The fourth-order valence-corrected chi connectivity index (χ4v) is 5.11. The summed E-state index contributed by atoms with van der Waals surface area (Å²) in [6.45, 7) is 4.37. The summed E-state index contributed by atoms with van der Waals surface area (Å²) in [7, 11) is 2.08. The molecule has 0 fully saturated rings. The Labute approximate surface area is 187 Å². The van der Waals surface area contributed by atoms with Gasteiger partial charge < -0.3 is 4.57 Å². The minimum absolute atomic E-state index is 1.06. The second-order valence-corrected chi connectivity index (χ2v) is 8.67. The van der Waals surface area contributed by atoms with Gasteiger partial charge in [-0.2, -0.15) is 0 Å². The van der Waals surface area contributed by atoms with Crippen molar-refractivity contribution in [1.82, 2.24) is 9.55 Å². The van der Waals surface area contributed by atoms with Gasteiger partial charge >= 0.3 is 0 Å². The number of hydrogen-bond acceptors (Lipinski definition) is 1. The Kier molecular flexibility index (Phi) is 4.16. The Bertz CT molecular complexity index is 1650. The molecule has 0 bridgehead atoms. The quantitative estimate of drug-likeness (QED) is 0.265. The van der Waals surface area contributed by atoms with Crippen LogP contribution in [0.5, 0.6) is 0 Å². The average Bonchev–Trinajstić information content (AvgIpc) is 3.21. The summed E-state index contributed by atoms with van der Waals surface area (Å²) in [5.41, 5.74) is 9.89. The third-order valence-corrected chi connectivity index (χ3v) is 6.69. The van der Waals surface area contributed by atoms with Crippen molar-refractivity contribution < 1.29 is 0 Å². The number of hydrogen-bond donors (Lipinski definition) is 0. The summed E-state index contributed by atoms with van der Waals surface area (Å²) >= 11 is 0. The summed E-state index contributed by atoms with van der Waals surface area (Å²) in [5.74, 6) is 0. The molecule has 0 aliphatic carbocycles. The molecular weight excluding hydrogens is 388 g/mol. The molecule has 32 heavy (non-hydrogen) atoms. The first-order valence-electron chi connectivity index (χ1n) is 11.0. The summed E-state index contributed by atoms with van der Waals surface area (Å²) in [5, 5.41) is 5.00. The van der Waals surface area contributed by atoms with Crippen LogP contribution in [-0.2, 0) is 7.05 Å². The standard InChI is InChI=1S/C30H24N2/c1-19-9-4-6-11-22(19)21-15-16-25-27(17-21)28-24(23-12-7-5-10-20(23)2)13-8-14-26(28)29-30(25)32(3)18-31-29/h4-18H,1-3H3. The number of aryl methyl sites for hydroxylation is 3. The summed E-state index contributed by atoms with van der Waals surface area (Å²) < 4.78 is 2.14. The molecule has 5 aromatic carbocycles. The molecule has 0 saturated heterocycles. The Morgan fingerprint density at radius 1 is 0.625 bits per heavy atom. The van der Waals surface area contributed by atoms with Crippen LogP contribution in [0.3, 0.4) is 0 Å². The molecule has 0 amide bonds. The molecule has 0 spiro atoms. The Morgan fingerprint density at radius 2 is 1.31 bits per heavy atom. The Morgan fingerprint density at radius 3 is 2.06 bits per heavy atom. The van der Waals surface area contributed by atoms with Crippen molar-refractivity contribution in [2.45, 2.75) is 13.8 Å². The van der Waals surface area contributed by atoms with Gasteiger partial charge in [0, 0.05) is 17.8 Å². The average molecular weight is 413 g/mol. The van der Waals surface area contributed by atoms with Crippen molar-refractivity contribution in [2.24, 2.45) is 7.05 Å². The van der Waals surface area contributed by atoms with E-state index in [4.69, 9.17) is 4.98 Å². The normalized spacial score (nSPS) is 11.6. The molecule has 0 radical (unpaired) electrons. The van der Waals surface area contributed by atoms with E-state index in [0.29, 0.717) is 0 Å². The predicted octanol–water partition coefficient (Wildman–Crippen LogP) is 7.83. The van der Waals surface area contributed by atoms with Gasteiger partial charge in [0.25, 0.3) is 0 Å². The van der Waals surface area contributed by atoms with Gasteiger partial charge in [-0.1, -0.05) is 78.9 Å². The van der Waals surface area contributed by atoms with Crippen molar-refractivity contribution in [1.29, 1.82) is 0 Å². The fraction of sp³-hybridized carbons (Fsp3) is 0.100. The zero-order chi connectivity index (χ0) is 21.8. The van der Waals surface area contributed by atoms with Gasteiger partial charge in [0.1, 0.15) is 0 Å². The number of rotatable bonds is 2. The lowest BCUT2D eigenvalue weighted by atomic mass is 9.89. The topological polar surface area (TPSA) is 17.8 Å². The SMILES string of the molecule is Cc1ccccc1-c1ccc2c(c1)c1c(-c3ccccc3C)cccc1c1ncn(C)c21. The maximum absolute atomic E-state index is 4.81. The minimum atomic E-state index is 1.06. The highest BCUT2D eigenvalue weighted by Gasteiger charge is 2.17. The largest absolute Gasteiger partial charge is 0.333 e. The second-order valence-electron chi connectivity index (χ2n) is 8.67. The van der Waals surface area contributed by atoms with Crippen LogP contribution in [0.1, 0.15) is 11.1 Å². The van der Waals surface area contributed by atoms with E-state index >= 15 is 0 Å². The number of nitrogens with zero attached hydrogens (tertiary/aromatic N) is 2. The fourth-order valence-electron chi connectivity index (χ4n) is 5.11. The molecule has 2 heteroatoms. The lowest BCUT2D eigenvalue weighted by Gasteiger charge is -2.15. The molecule has 0 N–H and O–H groups in total. The highest BCUT2D eigenvalue weighted by Crippen LogP contribution is 2.41. The van der Waals surface area contributed by atoms with Gasteiger partial charge in [0.15, 0.2) is 0 Å². The van der Waals surface area contributed by atoms with E-state index in [-0.39, 0.29) is 0 Å². The third kappa shape index (κ3) is 2.69. The molecule has 0 aliphatic rings. The molecule has 0 saturated carbocycles. The number of aromatic nitrogens is 2. The first-order valence-corrected chi connectivity index (χ1v) is 11.0. The van der Waals surface area contributed by atoms with Crippen LogP contribution in [0.4, 0.5) is 0 Å². The molecule has 1 heterocycles. The van der Waals surface area contributed by atoms with Crippen LogP contribution in [0, 0.1) is 13.8 Å². The molecule has 6 rings (SSSR count). The molecular formula is C30H24N2. The van der Waals surface area contributed by atoms with E-state index in [1.807, 2.05) is 6.33 Å². The van der Waals surface area contributed by atoms with Crippen LogP contribution in [0.25, 0.3) is 54.8 Å². The Hall–Kier alpha value is -3.91. The highest BCUT2D eigenvalue weighted by atomic mass is 15.0. The summed E-state index contributed by atoms with van der Waals surface area (Å²) in [6, 6.07) is 30.8. The van der Waals surface area contributed by atoms with E-state index in [1.165, 1.54) is 60.4 Å². The molecule has 0 aliphatic heterocycles. The van der Waals surface area contributed by atoms with E-state index in [0.717, 1.165) is 5.52 Å². The minimum Gasteiger partial charge on any atom is -0.333 e. The number of benzene rings is 5. The van der Waals surface area contributed by atoms with Gasteiger partial charge in [-0.05, 0) is 64.1 Å². The maximum atomic E-state index is 4.81. The van der Waals surface area contributed by atoms with Gasteiger partial charge in [0.05, 0.1) is 17.4 Å². The molecule has 6 aromatic rings. The van der Waals surface area contributed by atoms with Crippen LogP contribution in [-0.4, -0.2) is 9.55 Å². The molecule has 0 atom stereocenters. The molecule has 2 nitrogen and oxygen atoms in total. The van der Waals surface area contributed by atoms with E-state index in [9.17, 15) is 0 Å². The van der Waals surface area contributed by atoms with Crippen molar-refractivity contribution in [3.63, 3.8) is 0 Å². The van der Waals surface area contributed by atoms with Gasteiger partial charge in [-0.3, -0.25) is 0 Å². The predicted molar refractivity (Wildman–Crippen MR) is 136 cm³/mol.